The van der Waals surface area contributed by atoms with Crippen molar-refractivity contribution in [2.45, 2.75) is 44.1 Å². The van der Waals surface area contributed by atoms with Gasteiger partial charge in [-0.2, -0.15) is 0 Å². The fourth-order valence-electron chi connectivity index (χ4n) is 4.47. The number of Topliss-reactive ketones (excluding diaryl/α,β-unsaturated/α-hetero) is 1. The standard InChI is InChI=1S/C27H35NO6S/c1-17-11-20(12-18(2)25(17)34-27(3,4)26(30)31)22-13-28(15-33-16-32-5)14-23(22)24(29)19-7-9-21(35-6)10-8-19/h7-12,22-23H,13-16H2,1-6H3,(H,30,31)/t22-,23+/m0/s1. The zero-order valence-electron chi connectivity index (χ0n) is 21.3. The first-order valence-electron chi connectivity index (χ1n) is 11.6. The van der Waals surface area contributed by atoms with Crippen LogP contribution in [0.2, 0.25) is 0 Å². The van der Waals surface area contributed by atoms with Crippen LogP contribution in [0.5, 0.6) is 5.75 Å². The number of thioether (sulfide) groups is 1. The molecule has 1 heterocycles. The van der Waals surface area contributed by atoms with Gasteiger partial charge in [-0.05, 0) is 62.8 Å². The Kier molecular flexibility index (Phi) is 8.99. The summed E-state index contributed by atoms with van der Waals surface area (Å²) < 4.78 is 16.5. The van der Waals surface area contributed by atoms with Gasteiger partial charge in [0, 0.05) is 42.5 Å². The van der Waals surface area contributed by atoms with Gasteiger partial charge < -0.3 is 19.3 Å². The highest BCUT2D eigenvalue weighted by molar-refractivity contribution is 7.98. The fraction of sp³-hybridized carbons (Fsp3) is 0.481. The Morgan fingerprint density at radius 2 is 1.74 bits per heavy atom. The lowest BCUT2D eigenvalue weighted by atomic mass is 9.82. The van der Waals surface area contributed by atoms with Gasteiger partial charge in [-0.15, -0.1) is 11.8 Å². The molecule has 2 aromatic rings. The Morgan fingerprint density at radius 3 is 2.29 bits per heavy atom. The van der Waals surface area contributed by atoms with E-state index in [0.29, 0.717) is 31.1 Å². The summed E-state index contributed by atoms with van der Waals surface area (Å²) in [6.07, 6.45) is 2.01. The molecule has 8 heteroatoms. The van der Waals surface area contributed by atoms with Crippen LogP contribution in [0, 0.1) is 19.8 Å². The Morgan fingerprint density at radius 1 is 1.11 bits per heavy atom. The average Bonchev–Trinajstić information content (AvgIpc) is 3.25. The summed E-state index contributed by atoms with van der Waals surface area (Å²) in [5, 5.41) is 9.48. The molecule has 1 saturated heterocycles. The molecule has 190 valence electrons. The van der Waals surface area contributed by atoms with E-state index in [1.54, 1.807) is 18.9 Å². The molecular weight excluding hydrogens is 466 g/mol. The van der Waals surface area contributed by atoms with Crippen LogP contribution in [0.4, 0.5) is 0 Å². The molecule has 0 unspecified atom stereocenters. The van der Waals surface area contributed by atoms with Crippen LogP contribution < -0.4 is 4.74 Å². The number of ketones is 1. The molecule has 2 atom stereocenters. The minimum absolute atomic E-state index is 0.0344. The van der Waals surface area contributed by atoms with Crippen LogP contribution in [0.15, 0.2) is 41.3 Å². The number of rotatable bonds is 11. The predicted molar refractivity (Wildman–Crippen MR) is 136 cm³/mol. The molecule has 35 heavy (non-hydrogen) atoms. The van der Waals surface area contributed by atoms with Crippen molar-refractivity contribution in [1.82, 2.24) is 4.90 Å². The summed E-state index contributed by atoms with van der Waals surface area (Å²) in [6.45, 7) is 8.72. The van der Waals surface area contributed by atoms with Gasteiger partial charge in [0.25, 0.3) is 0 Å². The van der Waals surface area contributed by atoms with Crippen molar-refractivity contribution in [2.75, 3.05) is 40.0 Å². The highest BCUT2D eigenvalue weighted by atomic mass is 32.2. The Balaban J connectivity index is 1.92. The van der Waals surface area contributed by atoms with Crippen LogP contribution in [0.1, 0.15) is 46.8 Å². The van der Waals surface area contributed by atoms with Gasteiger partial charge in [0.2, 0.25) is 0 Å². The molecule has 0 saturated carbocycles. The number of likely N-dealkylation sites (tertiary alicyclic amines) is 1. The SMILES string of the molecule is COCOCN1C[C@@H](C(=O)c2ccc(SC)cc2)[C@H](c2cc(C)c(OC(C)(C)C(=O)O)c(C)c2)C1. The zero-order valence-corrected chi connectivity index (χ0v) is 22.1. The summed E-state index contributed by atoms with van der Waals surface area (Å²) in [6, 6.07) is 11.8. The summed E-state index contributed by atoms with van der Waals surface area (Å²) in [4.78, 5) is 28.4. The number of hydrogen-bond acceptors (Lipinski definition) is 7. The fourth-order valence-corrected chi connectivity index (χ4v) is 4.88. The van der Waals surface area contributed by atoms with E-state index in [4.69, 9.17) is 14.2 Å². The molecule has 1 fully saturated rings. The number of nitrogens with zero attached hydrogens (tertiary/aromatic N) is 1. The molecule has 0 radical (unpaired) electrons. The maximum absolute atomic E-state index is 13.6. The third-order valence-electron chi connectivity index (χ3n) is 6.36. The van der Waals surface area contributed by atoms with Crippen LogP contribution in [0.3, 0.4) is 0 Å². The third-order valence-corrected chi connectivity index (χ3v) is 7.11. The lowest BCUT2D eigenvalue weighted by Gasteiger charge is -2.26. The number of aliphatic carboxylic acids is 1. The number of carbonyl (C=O) groups is 2. The molecule has 1 N–H and O–H groups in total. The number of carboxylic acids is 1. The number of hydrogen-bond donors (Lipinski definition) is 1. The molecule has 3 rings (SSSR count). The van der Waals surface area contributed by atoms with E-state index in [-0.39, 0.29) is 24.4 Å². The summed E-state index contributed by atoms with van der Waals surface area (Å²) >= 11 is 1.64. The van der Waals surface area contributed by atoms with Crippen molar-refractivity contribution < 1.29 is 28.9 Å². The molecule has 0 bridgehead atoms. The molecule has 1 aliphatic rings. The van der Waals surface area contributed by atoms with Crippen molar-refractivity contribution >= 4 is 23.5 Å². The Labute approximate surface area is 211 Å². The maximum atomic E-state index is 13.6. The number of carbonyl (C=O) groups excluding carboxylic acids is 1. The second kappa shape index (κ2) is 11.6. The summed E-state index contributed by atoms with van der Waals surface area (Å²) in [5.41, 5.74) is 2.09. The lowest BCUT2D eigenvalue weighted by molar-refractivity contribution is -0.152. The van der Waals surface area contributed by atoms with Gasteiger partial charge in [0.05, 0.1) is 0 Å². The molecule has 0 spiro atoms. The van der Waals surface area contributed by atoms with Gasteiger partial charge in [0.1, 0.15) is 19.3 Å². The molecule has 7 nitrogen and oxygen atoms in total. The smallest absolute Gasteiger partial charge is 0.347 e. The van der Waals surface area contributed by atoms with Crippen molar-refractivity contribution in [3.05, 3.63) is 58.7 Å². The minimum atomic E-state index is -1.35. The largest absolute Gasteiger partial charge is 0.478 e. The van der Waals surface area contributed by atoms with E-state index >= 15 is 0 Å². The highest BCUT2D eigenvalue weighted by Crippen LogP contribution is 2.38. The number of methoxy groups -OCH3 is 1. The first-order valence-corrected chi connectivity index (χ1v) is 12.8. The van der Waals surface area contributed by atoms with Crippen molar-refractivity contribution in [2.24, 2.45) is 5.92 Å². The van der Waals surface area contributed by atoms with Gasteiger partial charge in [0.15, 0.2) is 11.4 Å². The second-order valence-electron chi connectivity index (χ2n) is 9.48. The Hall–Kier alpha value is -2.39. The predicted octanol–water partition coefficient (Wildman–Crippen LogP) is 4.74. The quantitative estimate of drug-likeness (QED) is 0.204. The molecule has 1 aliphatic heterocycles. The topological polar surface area (TPSA) is 85.3 Å². The molecule has 0 aliphatic carbocycles. The van der Waals surface area contributed by atoms with E-state index in [0.717, 1.165) is 21.6 Å². The van der Waals surface area contributed by atoms with E-state index in [1.165, 1.54) is 13.8 Å². The minimum Gasteiger partial charge on any atom is -0.478 e. The van der Waals surface area contributed by atoms with Crippen molar-refractivity contribution in [1.29, 1.82) is 0 Å². The maximum Gasteiger partial charge on any atom is 0.347 e. The van der Waals surface area contributed by atoms with Crippen molar-refractivity contribution in [3.8, 4) is 5.75 Å². The molecule has 0 aromatic heterocycles. The number of aryl methyl sites for hydroxylation is 2. The van der Waals surface area contributed by atoms with Crippen LogP contribution >= 0.6 is 11.8 Å². The van der Waals surface area contributed by atoms with E-state index in [2.05, 4.69) is 4.90 Å². The van der Waals surface area contributed by atoms with Gasteiger partial charge in [-0.25, -0.2) is 4.79 Å². The molecule has 0 amide bonds. The van der Waals surface area contributed by atoms with Gasteiger partial charge >= 0.3 is 5.97 Å². The van der Waals surface area contributed by atoms with Crippen LogP contribution in [0.25, 0.3) is 0 Å². The van der Waals surface area contributed by atoms with Gasteiger partial charge in [-0.1, -0.05) is 24.3 Å². The molecule has 2 aromatic carbocycles. The van der Waals surface area contributed by atoms with E-state index in [1.807, 2.05) is 56.5 Å². The van der Waals surface area contributed by atoms with Crippen LogP contribution in [-0.4, -0.2) is 67.3 Å². The monoisotopic (exact) mass is 501 g/mol. The number of ether oxygens (including phenoxy) is 3. The molecular formula is C27H35NO6S. The number of carboxylic acid groups (broad SMARTS) is 1. The van der Waals surface area contributed by atoms with Crippen molar-refractivity contribution in [3.63, 3.8) is 0 Å². The third kappa shape index (κ3) is 6.44. The second-order valence-corrected chi connectivity index (χ2v) is 10.4. The number of benzene rings is 2. The average molecular weight is 502 g/mol. The first-order chi connectivity index (χ1) is 16.6. The van der Waals surface area contributed by atoms with Crippen LogP contribution in [-0.2, 0) is 14.3 Å². The van der Waals surface area contributed by atoms with Gasteiger partial charge in [-0.3, -0.25) is 9.69 Å². The zero-order chi connectivity index (χ0) is 25.8. The highest BCUT2D eigenvalue weighted by Gasteiger charge is 2.39. The normalized spacial score (nSPS) is 18.6. The van der Waals surface area contributed by atoms with E-state index in [9.17, 15) is 14.7 Å². The first kappa shape index (κ1) is 27.2. The van der Waals surface area contributed by atoms with E-state index < -0.39 is 11.6 Å². The summed E-state index contributed by atoms with van der Waals surface area (Å²) in [7, 11) is 1.58. The Bertz CT molecular complexity index is 1030. The lowest BCUT2D eigenvalue weighted by Crippen LogP contribution is -2.38. The summed E-state index contributed by atoms with van der Waals surface area (Å²) in [5.74, 6) is -0.620.